The average molecular weight is 302 g/mol. The monoisotopic (exact) mass is 302 g/mol. The quantitative estimate of drug-likeness (QED) is 0.584. The Bertz CT molecular complexity index is 526. The molecular weight excluding hydrogens is 272 g/mol. The summed E-state index contributed by atoms with van der Waals surface area (Å²) in [5, 5.41) is 11.0. The highest BCUT2D eigenvalue weighted by atomic mass is 16.3. The lowest BCUT2D eigenvalue weighted by Gasteiger charge is -2.63. The molecule has 1 N–H and O–H groups in total. The van der Waals surface area contributed by atoms with Gasteiger partial charge in [-0.15, -0.1) is 0 Å². The van der Waals surface area contributed by atoms with E-state index in [0.29, 0.717) is 17.8 Å². The van der Waals surface area contributed by atoms with Gasteiger partial charge in [0.2, 0.25) is 0 Å². The Hall–Kier alpha value is -0.630. The molecule has 0 aliphatic heterocycles. The van der Waals surface area contributed by atoms with Gasteiger partial charge in [-0.05, 0) is 73.7 Å². The number of aldehydes is 1. The Kier molecular flexibility index (Phi) is 3.03. The molecule has 122 valence electrons. The highest BCUT2D eigenvalue weighted by Gasteiger charge is 2.66. The van der Waals surface area contributed by atoms with Crippen LogP contribution in [0.1, 0.15) is 65.2 Å². The molecule has 2 heteroatoms. The number of carbonyl (C=O) groups is 1. The van der Waals surface area contributed by atoms with Crippen molar-refractivity contribution in [2.75, 3.05) is 0 Å². The molecule has 4 aliphatic carbocycles. The van der Waals surface area contributed by atoms with Gasteiger partial charge in [0.1, 0.15) is 6.29 Å². The van der Waals surface area contributed by atoms with Crippen LogP contribution in [0.25, 0.3) is 0 Å². The van der Waals surface area contributed by atoms with E-state index in [1.807, 2.05) is 0 Å². The van der Waals surface area contributed by atoms with E-state index in [4.69, 9.17) is 0 Å². The largest absolute Gasteiger partial charge is 0.388 e. The van der Waals surface area contributed by atoms with Crippen LogP contribution < -0.4 is 0 Å². The number of aliphatic hydroxyl groups excluding tert-OH is 1. The molecule has 0 amide bonds. The van der Waals surface area contributed by atoms with Crippen LogP contribution in [-0.2, 0) is 4.79 Å². The molecular formula is C20H30O2. The molecule has 22 heavy (non-hydrogen) atoms. The standard InChI is InChI=1S/C20H30O2/c1-13-14-5-6-16-19(3)9-4-8-18(2,12-21)15(19)7-10-20(16,11-14)17(13)22/h12,14-17,22H,1,4-11H2,2-3H3. The van der Waals surface area contributed by atoms with E-state index in [9.17, 15) is 9.90 Å². The van der Waals surface area contributed by atoms with Crippen molar-refractivity contribution >= 4 is 6.29 Å². The van der Waals surface area contributed by atoms with E-state index in [2.05, 4.69) is 20.4 Å². The van der Waals surface area contributed by atoms with Gasteiger partial charge in [-0.25, -0.2) is 0 Å². The van der Waals surface area contributed by atoms with E-state index in [1.54, 1.807) is 0 Å². The summed E-state index contributed by atoms with van der Waals surface area (Å²) in [5.74, 6) is 1.62. The zero-order valence-corrected chi connectivity index (χ0v) is 14.1. The van der Waals surface area contributed by atoms with Gasteiger partial charge < -0.3 is 9.90 Å². The zero-order valence-electron chi connectivity index (χ0n) is 14.1. The summed E-state index contributed by atoms with van der Waals surface area (Å²) in [5.41, 5.74) is 1.26. The predicted octanol–water partition coefficient (Wildman–Crippen LogP) is 4.13. The second-order valence-electron chi connectivity index (χ2n) is 9.32. The van der Waals surface area contributed by atoms with Crippen LogP contribution in [0.3, 0.4) is 0 Å². The van der Waals surface area contributed by atoms with E-state index in [1.165, 1.54) is 25.5 Å². The van der Waals surface area contributed by atoms with E-state index >= 15 is 0 Å². The molecule has 0 aromatic carbocycles. The van der Waals surface area contributed by atoms with Gasteiger partial charge in [0, 0.05) is 10.8 Å². The normalized spacial score (nSPS) is 57.1. The number of aliphatic hydroxyl groups is 1. The molecule has 2 nitrogen and oxygen atoms in total. The molecule has 4 saturated carbocycles. The number of hydrogen-bond donors (Lipinski definition) is 1. The van der Waals surface area contributed by atoms with Gasteiger partial charge in [-0.1, -0.05) is 26.8 Å². The minimum Gasteiger partial charge on any atom is -0.388 e. The highest BCUT2D eigenvalue weighted by molar-refractivity contribution is 5.60. The summed E-state index contributed by atoms with van der Waals surface area (Å²) in [4.78, 5) is 11.8. The van der Waals surface area contributed by atoms with Crippen LogP contribution in [-0.4, -0.2) is 17.5 Å². The summed E-state index contributed by atoms with van der Waals surface area (Å²) in [6, 6.07) is 0. The van der Waals surface area contributed by atoms with Crippen molar-refractivity contribution in [2.24, 2.45) is 34.0 Å². The van der Waals surface area contributed by atoms with Crippen LogP contribution >= 0.6 is 0 Å². The summed E-state index contributed by atoms with van der Waals surface area (Å²) in [6.07, 6.45) is 10.2. The summed E-state index contributed by atoms with van der Waals surface area (Å²) >= 11 is 0. The second kappa shape index (κ2) is 4.47. The number of hydrogen-bond acceptors (Lipinski definition) is 2. The molecule has 1 spiro atoms. The molecule has 0 aromatic heterocycles. The third kappa shape index (κ3) is 1.58. The Morgan fingerprint density at radius 3 is 2.64 bits per heavy atom. The summed E-state index contributed by atoms with van der Waals surface area (Å²) < 4.78 is 0. The molecule has 7 atom stereocenters. The molecule has 0 radical (unpaired) electrons. The smallest absolute Gasteiger partial charge is 0.126 e. The number of rotatable bonds is 1. The topological polar surface area (TPSA) is 37.3 Å². The fourth-order valence-electron chi connectivity index (χ4n) is 7.55. The molecule has 4 rings (SSSR count). The van der Waals surface area contributed by atoms with Crippen molar-refractivity contribution < 1.29 is 9.90 Å². The summed E-state index contributed by atoms with van der Waals surface area (Å²) in [7, 11) is 0. The first kappa shape index (κ1) is 14.9. The number of fused-ring (bicyclic) bond motifs is 3. The Balaban J connectivity index is 1.78. The van der Waals surface area contributed by atoms with Crippen molar-refractivity contribution in [3.63, 3.8) is 0 Å². The van der Waals surface area contributed by atoms with Gasteiger partial charge >= 0.3 is 0 Å². The van der Waals surface area contributed by atoms with Crippen molar-refractivity contribution in [1.29, 1.82) is 0 Å². The number of carbonyl (C=O) groups excluding carboxylic acids is 1. The predicted molar refractivity (Wildman–Crippen MR) is 87.3 cm³/mol. The lowest BCUT2D eigenvalue weighted by Crippen LogP contribution is -2.59. The molecule has 7 unspecified atom stereocenters. The van der Waals surface area contributed by atoms with Crippen LogP contribution in [0, 0.1) is 34.0 Å². The minimum atomic E-state index is -0.299. The van der Waals surface area contributed by atoms with Crippen LogP contribution in [0.2, 0.25) is 0 Å². The van der Waals surface area contributed by atoms with Gasteiger partial charge in [-0.2, -0.15) is 0 Å². The van der Waals surface area contributed by atoms with Gasteiger partial charge in [0.25, 0.3) is 0 Å². The SMILES string of the molecule is C=C1C2CCC3C4(C)CCCC(C)(C=O)C4CCC3(C2)C1O. The maximum atomic E-state index is 11.8. The average Bonchev–Trinajstić information content (AvgIpc) is 2.68. The molecule has 0 heterocycles. The first-order chi connectivity index (χ1) is 10.4. The maximum absolute atomic E-state index is 11.8. The van der Waals surface area contributed by atoms with Gasteiger partial charge in [0.05, 0.1) is 6.10 Å². The third-order valence-electron chi connectivity index (χ3n) is 8.53. The van der Waals surface area contributed by atoms with Crippen molar-refractivity contribution in [1.82, 2.24) is 0 Å². The first-order valence-corrected chi connectivity index (χ1v) is 9.20. The minimum absolute atomic E-state index is 0.0758. The summed E-state index contributed by atoms with van der Waals surface area (Å²) in [6.45, 7) is 8.86. The molecule has 4 fully saturated rings. The van der Waals surface area contributed by atoms with E-state index < -0.39 is 0 Å². The molecule has 0 aromatic rings. The maximum Gasteiger partial charge on any atom is 0.126 e. The molecule has 4 aliphatic rings. The third-order valence-corrected chi connectivity index (χ3v) is 8.53. The fraction of sp³-hybridized carbons (Fsp3) is 0.850. The van der Waals surface area contributed by atoms with Crippen molar-refractivity contribution in [3.05, 3.63) is 12.2 Å². The van der Waals surface area contributed by atoms with Crippen LogP contribution in [0.4, 0.5) is 0 Å². The lowest BCUT2D eigenvalue weighted by molar-refractivity contribution is -0.172. The molecule has 2 bridgehead atoms. The van der Waals surface area contributed by atoms with Gasteiger partial charge in [-0.3, -0.25) is 0 Å². The Morgan fingerprint density at radius 1 is 1.14 bits per heavy atom. The lowest BCUT2D eigenvalue weighted by atomic mass is 9.41. The fourth-order valence-corrected chi connectivity index (χ4v) is 7.55. The second-order valence-corrected chi connectivity index (χ2v) is 9.32. The first-order valence-electron chi connectivity index (χ1n) is 9.20. The van der Waals surface area contributed by atoms with Crippen molar-refractivity contribution in [2.45, 2.75) is 71.3 Å². The highest BCUT2D eigenvalue weighted by Crippen LogP contribution is 2.71. The Labute approximate surface area is 134 Å². The van der Waals surface area contributed by atoms with Crippen LogP contribution in [0.5, 0.6) is 0 Å². The van der Waals surface area contributed by atoms with Gasteiger partial charge in [0.15, 0.2) is 0 Å². The van der Waals surface area contributed by atoms with E-state index in [-0.39, 0.29) is 22.3 Å². The van der Waals surface area contributed by atoms with Crippen molar-refractivity contribution in [3.8, 4) is 0 Å². The zero-order chi connectivity index (χ0) is 15.8. The van der Waals surface area contributed by atoms with E-state index in [0.717, 1.165) is 37.7 Å². The van der Waals surface area contributed by atoms with Crippen LogP contribution in [0.15, 0.2) is 12.2 Å². The molecule has 0 saturated heterocycles. The Morgan fingerprint density at radius 2 is 1.91 bits per heavy atom.